The lowest BCUT2D eigenvalue weighted by atomic mass is 9.93. The third-order valence-electron chi connectivity index (χ3n) is 2.48. The van der Waals surface area contributed by atoms with E-state index in [4.69, 9.17) is 10.2 Å². The summed E-state index contributed by atoms with van der Waals surface area (Å²) in [6.45, 7) is 0. The highest BCUT2D eigenvalue weighted by Gasteiger charge is 2.20. The molecule has 78 valence electrons. The van der Waals surface area contributed by atoms with Crippen LogP contribution in [-0.4, -0.2) is 22.2 Å². The maximum absolute atomic E-state index is 10.8. The van der Waals surface area contributed by atoms with Crippen molar-refractivity contribution < 1.29 is 19.8 Å². The van der Waals surface area contributed by atoms with Crippen molar-refractivity contribution in [2.75, 3.05) is 0 Å². The van der Waals surface area contributed by atoms with Gasteiger partial charge in [0.2, 0.25) is 0 Å². The van der Waals surface area contributed by atoms with Crippen LogP contribution in [0.25, 0.3) is 0 Å². The smallest absolute Gasteiger partial charge is 0.332 e. The van der Waals surface area contributed by atoms with Gasteiger partial charge in [-0.1, -0.05) is 12.8 Å². The van der Waals surface area contributed by atoms with Gasteiger partial charge in [-0.05, 0) is 25.7 Å². The minimum Gasteiger partial charge on any atom is -0.478 e. The van der Waals surface area contributed by atoms with Crippen LogP contribution >= 0.6 is 0 Å². The van der Waals surface area contributed by atoms with Crippen molar-refractivity contribution in [1.29, 1.82) is 0 Å². The fraction of sp³-hybridized carbons (Fsp3) is 0.600. The molecule has 0 aliphatic heterocycles. The quantitative estimate of drug-likeness (QED) is 0.709. The molecule has 0 amide bonds. The molecule has 2 N–H and O–H groups in total. The highest BCUT2D eigenvalue weighted by atomic mass is 16.4. The second kappa shape index (κ2) is 4.79. The molecular formula is C10H14O4. The van der Waals surface area contributed by atoms with Crippen molar-refractivity contribution in [2.24, 2.45) is 0 Å². The number of carboxylic acid groups (broad SMARTS) is 2. The second-order valence-corrected chi connectivity index (χ2v) is 3.48. The van der Waals surface area contributed by atoms with Gasteiger partial charge in [-0.25, -0.2) is 9.59 Å². The number of carbonyl (C=O) groups is 2. The minimum absolute atomic E-state index is 0.0946. The zero-order chi connectivity index (χ0) is 10.6. The molecule has 0 fully saturated rings. The summed E-state index contributed by atoms with van der Waals surface area (Å²) in [4.78, 5) is 21.6. The van der Waals surface area contributed by atoms with Gasteiger partial charge in [0.05, 0.1) is 0 Å². The molecule has 0 atom stereocenters. The molecule has 1 rings (SSSR count). The van der Waals surface area contributed by atoms with Crippen LogP contribution < -0.4 is 0 Å². The Morgan fingerprint density at radius 2 is 1.14 bits per heavy atom. The Kier molecular flexibility index (Phi) is 3.68. The number of hydrogen-bond donors (Lipinski definition) is 2. The van der Waals surface area contributed by atoms with E-state index in [1.807, 2.05) is 0 Å². The van der Waals surface area contributed by atoms with E-state index in [9.17, 15) is 9.59 Å². The third-order valence-corrected chi connectivity index (χ3v) is 2.48. The third kappa shape index (κ3) is 2.58. The minimum atomic E-state index is -1.08. The fourth-order valence-corrected chi connectivity index (χ4v) is 1.73. The van der Waals surface area contributed by atoms with Crippen molar-refractivity contribution in [3.8, 4) is 0 Å². The van der Waals surface area contributed by atoms with Crippen molar-refractivity contribution in [3.63, 3.8) is 0 Å². The summed E-state index contributed by atoms with van der Waals surface area (Å²) in [5.41, 5.74) is 0.189. The lowest BCUT2D eigenvalue weighted by Crippen LogP contribution is -2.13. The lowest BCUT2D eigenvalue weighted by molar-refractivity contribution is -0.136. The van der Waals surface area contributed by atoms with Crippen molar-refractivity contribution in [1.82, 2.24) is 0 Å². The molecule has 0 spiro atoms. The molecule has 1 aliphatic rings. The lowest BCUT2D eigenvalue weighted by Gasteiger charge is -2.12. The van der Waals surface area contributed by atoms with Gasteiger partial charge in [-0.15, -0.1) is 0 Å². The van der Waals surface area contributed by atoms with Crippen LogP contribution in [0.4, 0.5) is 0 Å². The first kappa shape index (κ1) is 10.8. The van der Waals surface area contributed by atoms with Gasteiger partial charge in [0.25, 0.3) is 0 Å². The van der Waals surface area contributed by atoms with Crippen molar-refractivity contribution in [3.05, 3.63) is 11.1 Å². The van der Waals surface area contributed by atoms with Gasteiger partial charge in [-0.3, -0.25) is 0 Å². The Morgan fingerprint density at radius 3 is 1.43 bits per heavy atom. The van der Waals surface area contributed by atoms with E-state index in [0.717, 1.165) is 25.7 Å². The first-order valence-corrected chi connectivity index (χ1v) is 4.81. The summed E-state index contributed by atoms with van der Waals surface area (Å²) >= 11 is 0. The monoisotopic (exact) mass is 198 g/mol. The first-order chi connectivity index (χ1) is 6.63. The molecule has 14 heavy (non-hydrogen) atoms. The molecule has 0 unspecified atom stereocenters. The number of aliphatic carboxylic acids is 2. The summed E-state index contributed by atoms with van der Waals surface area (Å²) in [6, 6.07) is 0. The predicted octanol–water partition coefficient (Wildman–Crippen LogP) is 1.81. The molecule has 0 aromatic rings. The SMILES string of the molecule is O=C(O)/C1=C(\C(=O)O)CCCCCC1. The second-order valence-electron chi connectivity index (χ2n) is 3.48. The molecule has 0 saturated carbocycles. The summed E-state index contributed by atoms with van der Waals surface area (Å²) in [5.74, 6) is -2.16. The van der Waals surface area contributed by atoms with Gasteiger partial charge >= 0.3 is 11.9 Å². The average molecular weight is 198 g/mol. The van der Waals surface area contributed by atoms with E-state index < -0.39 is 11.9 Å². The van der Waals surface area contributed by atoms with E-state index in [0.29, 0.717) is 12.8 Å². The summed E-state index contributed by atoms with van der Waals surface area (Å²) < 4.78 is 0. The molecule has 0 bridgehead atoms. The Labute approximate surface area is 82.2 Å². The first-order valence-electron chi connectivity index (χ1n) is 4.81. The van der Waals surface area contributed by atoms with Gasteiger partial charge in [0.1, 0.15) is 0 Å². The molecule has 4 nitrogen and oxygen atoms in total. The number of hydrogen-bond acceptors (Lipinski definition) is 2. The van der Waals surface area contributed by atoms with Gasteiger partial charge in [0, 0.05) is 11.1 Å². The highest BCUT2D eigenvalue weighted by Crippen LogP contribution is 2.23. The van der Waals surface area contributed by atoms with Crippen LogP contribution in [0.5, 0.6) is 0 Å². The average Bonchev–Trinajstić information content (AvgIpc) is 2.01. The van der Waals surface area contributed by atoms with Crippen LogP contribution in [0.1, 0.15) is 38.5 Å². The summed E-state index contributed by atoms with van der Waals surface area (Å²) in [7, 11) is 0. The largest absolute Gasteiger partial charge is 0.478 e. The Morgan fingerprint density at radius 1 is 0.786 bits per heavy atom. The maximum Gasteiger partial charge on any atom is 0.332 e. The van der Waals surface area contributed by atoms with E-state index >= 15 is 0 Å². The zero-order valence-corrected chi connectivity index (χ0v) is 7.95. The van der Waals surface area contributed by atoms with Crippen LogP contribution in [0, 0.1) is 0 Å². The van der Waals surface area contributed by atoms with Gasteiger partial charge < -0.3 is 10.2 Å². The maximum atomic E-state index is 10.8. The van der Waals surface area contributed by atoms with Crippen LogP contribution in [0.2, 0.25) is 0 Å². The molecule has 0 saturated heterocycles. The summed E-state index contributed by atoms with van der Waals surface area (Å²) in [5, 5.41) is 17.7. The molecule has 1 aliphatic carbocycles. The van der Waals surface area contributed by atoms with E-state index in [1.54, 1.807) is 0 Å². The Hall–Kier alpha value is -1.32. The molecule has 0 radical (unpaired) electrons. The van der Waals surface area contributed by atoms with Crippen molar-refractivity contribution >= 4 is 11.9 Å². The van der Waals surface area contributed by atoms with Gasteiger partial charge in [0.15, 0.2) is 0 Å². The van der Waals surface area contributed by atoms with Crippen LogP contribution in [0.15, 0.2) is 11.1 Å². The standard InChI is InChI=1S/C10H14O4/c11-9(12)7-5-3-1-2-4-6-8(7)10(13)14/h1-6H2,(H,11,12)(H,13,14)/b8-7-. The molecule has 0 heterocycles. The zero-order valence-electron chi connectivity index (χ0n) is 7.95. The van der Waals surface area contributed by atoms with Gasteiger partial charge in [-0.2, -0.15) is 0 Å². The Bertz CT molecular complexity index is 250. The normalized spacial score (nSPS) is 23.7. The van der Waals surface area contributed by atoms with Crippen LogP contribution in [0.3, 0.4) is 0 Å². The van der Waals surface area contributed by atoms with E-state index in [1.165, 1.54) is 0 Å². The van der Waals surface area contributed by atoms with E-state index in [2.05, 4.69) is 0 Å². The molecular weight excluding hydrogens is 184 g/mol. The highest BCUT2D eigenvalue weighted by molar-refractivity contribution is 5.98. The Balaban J connectivity index is 2.97. The fourth-order valence-electron chi connectivity index (χ4n) is 1.73. The topological polar surface area (TPSA) is 74.6 Å². The van der Waals surface area contributed by atoms with Crippen LogP contribution in [-0.2, 0) is 9.59 Å². The molecule has 0 aromatic carbocycles. The van der Waals surface area contributed by atoms with Crippen molar-refractivity contribution in [2.45, 2.75) is 38.5 Å². The van der Waals surface area contributed by atoms with E-state index in [-0.39, 0.29) is 11.1 Å². The number of carboxylic acids is 2. The molecule has 4 heteroatoms. The summed E-state index contributed by atoms with van der Waals surface area (Å²) in [6.07, 6.45) is 4.30. The predicted molar refractivity (Wildman–Crippen MR) is 50.0 cm³/mol. The number of rotatable bonds is 2. The molecule has 0 aromatic heterocycles.